The van der Waals surface area contributed by atoms with Crippen LogP contribution in [0.15, 0.2) is 35.4 Å². The Kier molecular flexibility index (Phi) is 3.71. The topological polar surface area (TPSA) is 48.8 Å². The molecule has 0 aromatic heterocycles. The number of rotatable bonds is 2. The number of benzene rings is 1. The Morgan fingerprint density at radius 3 is 2.69 bits per heavy atom. The quantitative estimate of drug-likeness (QED) is 0.251. The van der Waals surface area contributed by atoms with E-state index in [1.54, 1.807) is 0 Å². The van der Waals surface area contributed by atoms with Crippen LogP contribution in [-0.2, 0) is 5.54 Å². The van der Waals surface area contributed by atoms with Crippen LogP contribution in [0.3, 0.4) is 0 Å². The molecular formula is C12H14IN3. The standard InChI is InChI=1S/C12H14IN3/c13-11-8-4-5-9-12(11,15-16-14)10-6-2-1-3-7-10/h1-3,6-7,11H,4-5,8-9H2/t11-,12+/m0/s1. The van der Waals surface area contributed by atoms with Gasteiger partial charge in [-0.2, -0.15) is 0 Å². The summed E-state index contributed by atoms with van der Waals surface area (Å²) in [4.78, 5) is 3.08. The Morgan fingerprint density at radius 1 is 1.31 bits per heavy atom. The van der Waals surface area contributed by atoms with E-state index in [-0.39, 0.29) is 5.54 Å². The van der Waals surface area contributed by atoms with Gasteiger partial charge in [0.15, 0.2) is 0 Å². The first-order valence-corrected chi connectivity index (χ1v) is 6.80. The minimum absolute atomic E-state index is 0.325. The van der Waals surface area contributed by atoms with Crippen molar-refractivity contribution in [2.24, 2.45) is 5.11 Å². The first kappa shape index (κ1) is 11.7. The zero-order valence-corrected chi connectivity index (χ0v) is 11.2. The molecular weight excluding hydrogens is 313 g/mol. The molecule has 1 fully saturated rings. The molecule has 1 aliphatic carbocycles. The van der Waals surface area contributed by atoms with Gasteiger partial charge >= 0.3 is 0 Å². The van der Waals surface area contributed by atoms with Crippen LogP contribution in [0, 0.1) is 0 Å². The van der Waals surface area contributed by atoms with Crippen molar-refractivity contribution in [3.05, 3.63) is 46.3 Å². The van der Waals surface area contributed by atoms with Crippen molar-refractivity contribution in [2.45, 2.75) is 35.1 Å². The fraction of sp³-hybridized carbons (Fsp3) is 0.500. The fourth-order valence-corrected chi connectivity index (χ4v) is 3.65. The lowest BCUT2D eigenvalue weighted by Crippen LogP contribution is -2.36. The third-order valence-electron chi connectivity index (χ3n) is 3.28. The van der Waals surface area contributed by atoms with Gasteiger partial charge in [-0.15, -0.1) is 0 Å². The molecule has 1 saturated carbocycles. The highest BCUT2D eigenvalue weighted by Crippen LogP contribution is 2.44. The van der Waals surface area contributed by atoms with E-state index in [0.29, 0.717) is 3.92 Å². The van der Waals surface area contributed by atoms with Crippen molar-refractivity contribution < 1.29 is 0 Å². The summed E-state index contributed by atoms with van der Waals surface area (Å²) in [5.41, 5.74) is 9.65. The molecule has 2 atom stereocenters. The van der Waals surface area contributed by atoms with E-state index >= 15 is 0 Å². The van der Waals surface area contributed by atoms with Crippen LogP contribution in [0.1, 0.15) is 31.2 Å². The Bertz CT molecular complexity index is 400. The lowest BCUT2D eigenvalue weighted by molar-refractivity contribution is 0.324. The highest BCUT2D eigenvalue weighted by atomic mass is 127. The molecule has 0 unspecified atom stereocenters. The monoisotopic (exact) mass is 327 g/mol. The van der Waals surface area contributed by atoms with E-state index in [1.807, 2.05) is 18.2 Å². The highest BCUT2D eigenvalue weighted by Gasteiger charge is 2.40. The van der Waals surface area contributed by atoms with Gasteiger partial charge in [-0.05, 0) is 23.9 Å². The molecule has 0 bridgehead atoms. The van der Waals surface area contributed by atoms with Crippen molar-refractivity contribution in [2.75, 3.05) is 0 Å². The van der Waals surface area contributed by atoms with Gasteiger partial charge in [-0.1, -0.05) is 70.9 Å². The summed E-state index contributed by atoms with van der Waals surface area (Å²) in [6, 6.07) is 10.2. The maximum atomic E-state index is 8.82. The van der Waals surface area contributed by atoms with Gasteiger partial charge in [-0.25, -0.2) is 0 Å². The summed E-state index contributed by atoms with van der Waals surface area (Å²) in [7, 11) is 0. The predicted molar refractivity (Wildman–Crippen MR) is 73.5 cm³/mol. The summed E-state index contributed by atoms with van der Waals surface area (Å²) in [6.45, 7) is 0. The molecule has 0 radical (unpaired) electrons. The molecule has 4 heteroatoms. The van der Waals surface area contributed by atoms with Crippen LogP contribution in [-0.4, -0.2) is 3.92 Å². The predicted octanol–water partition coefficient (Wildman–Crippen LogP) is 4.57. The summed E-state index contributed by atoms with van der Waals surface area (Å²) in [6.07, 6.45) is 4.49. The Morgan fingerprint density at radius 2 is 2.06 bits per heavy atom. The van der Waals surface area contributed by atoms with Crippen LogP contribution < -0.4 is 0 Å². The zero-order valence-electron chi connectivity index (χ0n) is 9.01. The maximum absolute atomic E-state index is 8.82. The second-order valence-electron chi connectivity index (χ2n) is 4.19. The van der Waals surface area contributed by atoms with Crippen LogP contribution >= 0.6 is 22.6 Å². The Labute approximate surface area is 109 Å². The third kappa shape index (κ3) is 2.04. The molecule has 3 nitrogen and oxygen atoms in total. The van der Waals surface area contributed by atoms with Crippen LogP contribution in [0.5, 0.6) is 0 Å². The first-order chi connectivity index (χ1) is 7.79. The van der Waals surface area contributed by atoms with Gasteiger partial charge in [0, 0.05) is 8.84 Å². The van der Waals surface area contributed by atoms with Crippen LogP contribution in [0.25, 0.3) is 10.4 Å². The van der Waals surface area contributed by atoms with Crippen LogP contribution in [0.2, 0.25) is 0 Å². The average Bonchev–Trinajstić information content (AvgIpc) is 2.34. The number of hydrogen-bond acceptors (Lipinski definition) is 1. The van der Waals surface area contributed by atoms with Gasteiger partial charge in [-0.3, -0.25) is 0 Å². The molecule has 84 valence electrons. The molecule has 0 amide bonds. The maximum Gasteiger partial charge on any atom is 0.0855 e. The molecule has 0 spiro atoms. The molecule has 0 heterocycles. The van der Waals surface area contributed by atoms with E-state index < -0.39 is 0 Å². The molecule has 0 N–H and O–H groups in total. The van der Waals surface area contributed by atoms with Gasteiger partial charge in [0.05, 0.1) is 5.54 Å². The number of nitrogens with zero attached hydrogens (tertiary/aromatic N) is 3. The summed E-state index contributed by atoms with van der Waals surface area (Å²) in [5, 5.41) is 4.14. The van der Waals surface area contributed by atoms with E-state index in [9.17, 15) is 0 Å². The SMILES string of the molecule is [N-]=[N+]=N[C@@]1(c2ccccc2)CCCC[C@@H]1I. The van der Waals surface area contributed by atoms with E-state index in [2.05, 4.69) is 44.7 Å². The molecule has 1 aromatic rings. The van der Waals surface area contributed by atoms with E-state index in [0.717, 1.165) is 24.8 Å². The smallest absolute Gasteiger partial charge is 0.0815 e. The minimum atomic E-state index is -0.325. The van der Waals surface area contributed by atoms with Gasteiger partial charge in [0.1, 0.15) is 0 Å². The lowest BCUT2D eigenvalue weighted by Gasteiger charge is -2.38. The van der Waals surface area contributed by atoms with Crippen molar-refractivity contribution in [3.63, 3.8) is 0 Å². The molecule has 2 rings (SSSR count). The fourth-order valence-electron chi connectivity index (χ4n) is 2.42. The summed E-state index contributed by atoms with van der Waals surface area (Å²) >= 11 is 2.43. The normalized spacial score (nSPS) is 29.4. The number of halogens is 1. The van der Waals surface area contributed by atoms with E-state index in [1.165, 1.54) is 6.42 Å². The Balaban J connectivity index is 2.46. The second kappa shape index (κ2) is 5.06. The summed E-state index contributed by atoms with van der Waals surface area (Å²) < 4.78 is 0.400. The molecule has 16 heavy (non-hydrogen) atoms. The van der Waals surface area contributed by atoms with E-state index in [4.69, 9.17) is 5.53 Å². The van der Waals surface area contributed by atoms with Crippen molar-refractivity contribution in [1.29, 1.82) is 0 Å². The number of alkyl halides is 1. The number of azide groups is 1. The number of hydrogen-bond donors (Lipinski definition) is 0. The van der Waals surface area contributed by atoms with Crippen molar-refractivity contribution in [1.82, 2.24) is 0 Å². The largest absolute Gasteiger partial charge is 0.0855 e. The highest BCUT2D eigenvalue weighted by molar-refractivity contribution is 14.1. The van der Waals surface area contributed by atoms with Gasteiger partial charge in [0.25, 0.3) is 0 Å². The minimum Gasteiger partial charge on any atom is -0.0815 e. The average molecular weight is 327 g/mol. The molecule has 1 aliphatic rings. The zero-order chi connectivity index (χ0) is 11.4. The second-order valence-corrected chi connectivity index (χ2v) is 5.70. The van der Waals surface area contributed by atoms with Gasteiger partial charge < -0.3 is 0 Å². The molecule has 0 saturated heterocycles. The third-order valence-corrected chi connectivity index (χ3v) is 4.93. The van der Waals surface area contributed by atoms with Crippen molar-refractivity contribution >= 4 is 22.6 Å². The van der Waals surface area contributed by atoms with Crippen molar-refractivity contribution in [3.8, 4) is 0 Å². The molecule has 0 aliphatic heterocycles. The van der Waals surface area contributed by atoms with Gasteiger partial charge in [0.2, 0.25) is 0 Å². The first-order valence-electron chi connectivity index (χ1n) is 5.55. The lowest BCUT2D eigenvalue weighted by atomic mass is 9.77. The Hall–Kier alpha value is -0.740. The van der Waals surface area contributed by atoms with Crippen LogP contribution in [0.4, 0.5) is 0 Å². The molecule has 1 aromatic carbocycles. The summed E-state index contributed by atoms with van der Waals surface area (Å²) in [5.74, 6) is 0.